The highest BCUT2D eigenvalue weighted by Crippen LogP contribution is 2.36. The van der Waals surface area contributed by atoms with Gasteiger partial charge in [0.05, 0.1) is 26.0 Å². The molecule has 1 aromatic heterocycles. The van der Waals surface area contributed by atoms with Crippen LogP contribution in [0.3, 0.4) is 0 Å². The molecule has 1 amide bonds. The molecule has 8 nitrogen and oxygen atoms in total. The first-order chi connectivity index (χ1) is 19.9. The molecular weight excluding hydrogens is 610 g/mol. The fourth-order valence-electron chi connectivity index (χ4n) is 4.36. The Hall–Kier alpha value is -4.60. The van der Waals surface area contributed by atoms with Gasteiger partial charge in [0.15, 0.2) is 0 Å². The van der Waals surface area contributed by atoms with E-state index in [9.17, 15) is 9.59 Å². The van der Waals surface area contributed by atoms with Crippen molar-refractivity contribution in [2.45, 2.75) is 0 Å². The van der Waals surface area contributed by atoms with Gasteiger partial charge in [-0.2, -0.15) is 5.10 Å². The first-order valence-electron chi connectivity index (χ1n) is 12.3. The summed E-state index contributed by atoms with van der Waals surface area (Å²) >= 11 is 9.50. The van der Waals surface area contributed by atoms with Gasteiger partial charge in [0.1, 0.15) is 28.5 Å². The molecule has 10 heteroatoms. The third-order valence-electron chi connectivity index (χ3n) is 6.23. The van der Waals surface area contributed by atoms with E-state index >= 15 is 0 Å². The van der Waals surface area contributed by atoms with Crippen LogP contribution >= 0.6 is 27.5 Å². The average Bonchev–Trinajstić information content (AvgIpc) is 3.39. The summed E-state index contributed by atoms with van der Waals surface area (Å²) in [7, 11) is 3.03. The molecule has 0 unspecified atom stereocenters. The maximum Gasteiger partial charge on any atom is 0.347 e. The van der Waals surface area contributed by atoms with Crippen molar-refractivity contribution in [2.24, 2.45) is 5.10 Å². The van der Waals surface area contributed by atoms with Gasteiger partial charge in [-0.3, -0.25) is 4.79 Å². The fraction of sp³-hybridized carbons (Fsp3) is 0.0645. The predicted molar refractivity (Wildman–Crippen MR) is 162 cm³/mol. The molecule has 0 atom stereocenters. The van der Waals surface area contributed by atoms with E-state index in [1.54, 1.807) is 37.4 Å². The van der Waals surface area contributed by atoms with Crippen LogP contribution in [0, 0.1) is 0 Å². The number of para-hydroxylation sites is 1. The van der Waals surface area contributed by atoms with Crippen LogP contribution in [-0.4, -0.2) is 37.3 Å². The van der Waals surface area contributed by atoms with Gasteiger partial charge in [0.25, 0.3) is 5.91 Å². The number of H-pyrrole nitrogens is 1. The second-order valence-corrected chi connectivity index (χ2v) is 10.1. The fourth-order valence-corrected chi connectivity index (χ4v) is 4.91. The Kier molecular flexibility index (Phi) is 8.37. The summed E-state index contributed by atoms with van der Waals surface area (Å²) in [4.78, 5) is 29.6. The minimum Gasteiger partial charge on any atom is -0.496 e. The number of hydrazone groups is 1. The maximum atomic E-state index is 13.4. The number of halogens is 2. The molecule has 4 aromatic carbocycles. The summed E-state index contributed by atoms with van der Waals surface area (Å²) in [5.74, 6) is 0.0290. The number of fused-ring (bicyclic) bond motifs is 1. The van der Waals surface area contributed by atoms with Gasteiger partial charge in [-0.15, -0.1) is 0 Å². The van der Waals surface area contributed by atoms with E-state index in [0.717, 1.165) is 21.0 Å². The van der Waals surface area contributed by atoms with E-state index in [1.807, 2.05) is 48.5 Å². The lowest BCUT2D eigenvalue weighted by molar-refractivity contribution is 0.0730. The molecular formula is C31H23BrClN3O5. The van der Waals surface area contributed by atoms with E-state index in [1.165, 1.54) is 19.4 Å². The van der Waals surface area contributed by atoms with E-state index in [-0.39, 0.29) is 11.3 Å². The topological polar surface area (TPSA) is 102 Å². The maximum absolute atomic E-state index is 13.4. The third-order valence-corrected chi connectivity index (χ3v) is 6.96. The molecule has 2 N–H and O–H groups in total. The molecule has 0 fully saturated rings. The minimum absolute atomic E-state index is 0.168. The van der Waals surface area contributed by atoms with E-state index in [2.05, 4.69) is 31.4 Å². The normalized spacial score (nSPS) is 11.0. The van der Waals surface area contributed by atoms with Crippen LogP contribution < -0.4 is 19.6 Å². The summed E-state index contributed by atoms with van der Waals surface area (Å²) in [5, 5.41) is 5.36. The first kappa shape index (κ1) is 27.9. The molecule has 206 valence electrons. The van der Waals surface area contributed by atoms with Gasteiger partial charge in [-0.25, -0.2) is 10.2 Å². The lowest BCUT2D eigenvalue weighted by Crippen LogP contribution is -2.19. The SMILES string of the molecule is COc1ccc(Cl)cc1C(=O)Oc1ccc(Br)cc1C=NNC(=O)c1[nH]c2c(OC)cccc2c1-c1ccccc1. The zero-order chi connectivity index (χ0) is 28.9. The second kappa shape index (κ2) is 12.3. The van der Waals surface area contributed by atoms with Crippen molar-refractivity contribution in [3.8, 4) is 28.4 Å². The van der Waals surface area contributed by atoms with Gasteiger partial charge in [0.2, 0.25) is 0 Å². The van der Waals surface area contributed by atoms with Crippen LogP contribution in [0.2, 0.25) is 5.02 Å². The quantitative estimate of drug-likeness (QED) is 0.0812. The Balaban J connectivity index is 1.43. The lowest BCUT2D eigenvalue weighted by Gasteiger charge is -2.11. The number of hydrogen-bond acceptors (Lipinski definition) is 6. The summed E-state index contributed by atoms with van der Waals surface area (Å²) in [5.41, 5.74) is 5.79. The smallest absolute Gasteiger partial charge is 0.347 e. The number of aromatic nitrogens is 1. The van der Waals surface area contributed by atoms with Crippen molar-refractivity contribution in [1.82, 2.24) is 10.4 Å². The van der Waals surface area contributed by atoms with Gasteiger partial charge in [-0.05, 0) is 48.0 Å². The van der Waals surface area contributed by atoms with Crippen molar-refractivity contribution < 1.29 is 23.8 Å². The summed E-state index contributed by atoms with van der Waals surface area (Å²) in [6, 6.07) is 24.9. The number of carbonyl (C=O) groups is 2. The van der Waals surface area contributed by atoms with Gasteiger partial charge in [-0.1, -0.05) is 70.0 Å². The molecule has 5 rings (SSSR count). The molecule has 0 bridgehead atoms. The minimum atomic E-state index is -0.662. The highest BCUT2D eigenvalue weighted by atomic mass is 79.9. The third kappa shape index (κ3) is 5.96. The summed E-state index contributed by atoms with van der Waals surface area (Å²) in [6.07, 6.45) is 1.39. The molecule has 0 aliphatic heterocycles. The van der Waals surface area contributed by atoms with E-state index in [0.29, 0.717) is 33.3 Å². The van der Waals surface area contributed by atoms with Crippen LogP contribution in [-0.2, 0) is 0 Å². The zero-order valence-corrected chi connectivity index (χ0v) is 24.2. The Bertz CT molecular complexity index is 1790. The molecule has 0 aliphatic carbocycles. The van der Waals surface area contributed by atoms with Crippen molar-refractivity contribution in [3.05, 3.63) is 111 Å². The molecule has 5 aromatic rings. The summed E-state index contributed by atoms with van der Waals surface area (Å²) in [6.45, 7) is 0. The Labute approximate surface area is 249 Å². The Morgan fingerprint density at radius 1 is 0.902 bits per heavy atom. The molecule has 0 aliphatic rings. The highest BCUT2D eigenvalue weighted by molar-refractivity contribution is 9.10. The van der Waals surface area contributed by atoms with Crippen LogP contribution in [0.1, 0.15) is 26.4 Å². The number of carbonyl (C=O) groups excluding carboxylic acids is 2. The van der Waals surface area contributed by atoms with E-state index in [4.69, 9.17) is 25.8 Å². The predicted octanol–water partition coefficient (Wildman–Crippen LogP) is 7.25. The molecule has 1 heterocycles. The lowest BCUT2D eigenvalue weighted by atomic mass is 10.0. The molecule has 0 saturated carbocycles. The van der Waals surface area contributed by atoms with Crippen LogP contribution in [0.5, 0.6) is 17.2 Å². The zero-order valence-electron chi connectivity index (χ0n) is 21.9. The van der Waals surface area contributed by atoms with Crippen molar-refractivity contribution in [3.63, 3.8) is 0 Å². The number of esters is 1. The van der Waals surface area contributed by atoms with Gasteiger partial charge >= 0.3 is 5.97 Å². The number of nitrogens with one attached hydrogen (secondary N) is 2. The van der Waals surface area contributed by atoms with Crippen molar-refractivity contribution >= 4 is 56.5 Å². The summed E-state index contributed by atoms with van der Waals surface area (Å²) < 4.78 is 17.1. The van der Waals surface area contributed by atoms with Crippen molar-refractivity contribution in [1.29, 1.82) is 0 Å². The largest absolute Gasteiger partial charge is 0.496 e. The van der Waals surface area contributed by atoms with Gasteiger partial charge < -0.3 is 19.2 Å². The number of nitrogens with zero attached hydrogens (tertiary/aromatic N) is 1. The van der Waals surface area contributed by atoms with Crippen LogP contribution in [0.25, 0.3) is 22.0 Å². The monoisotopic (exact) mass is 631 g/mol. The molecule has 0 saturated heterocycles. The first-order valence-corrected chi connectivity index (χ1v) is 13.5. The Morgan fingerprint density at radius 3 is 2.41 bits per heavy atom. The number of rotatable bonds is 8. The average molecular weight is 633 g/mol. The molecule has 0 spiro atoms. The Morgan fingerprint density at radius 2 is 1.66 bits per heavy atom. The number of aromatic amines is 1. The number of amides is 1. The molecule has 0 radical (unpaired) electrons. The number of benzene rings is 4. The van der Waals surface area contributed by atoms with Gasteiger partial charge in [0, 0.05) is 26.0 Å². The molecule has 41 heavy (non-hydrogen) atoms. The van der Waals surface area contributed by atoms with E-state index < -0.39 is 11.9 Å². The highest BCUT2D eigenvalue weighted by Gasteiger charge is 2.21. The standard InChI is InChI=1S/C31H23BrClN3O5/c1-39-25-14-12-21(33)16-23(25)31(38)41-24-13-11-20(32)15-19(24)17-34-36-30(37)29-27(18-7-4-3-5-8-18)22-9-6-10-26(40-2)28(22)35-29/h3-17,35H,1-2H3,(H,36,37). The van der Waals surface area contributed by atoms with Crippen molar-refractivity contribution in [2.75, 3.05) is 14.2 Å². The number of ether oxygens (including phenoxy) is 3. The number of methoxy groups -OCH3 is 2. The van der Waals surface area contributed by atoms with Crippen LogP contribution in [0.4, 0.5) is 0 Å². The second-order valence-electron chi connectivity index (χ2n) is 8.74. The van der Waals surface area contributed by atoms with Crippen LogP contribution in [0.15, 0.2) is 94.5 Å². The number of hydrogen-bond donors (Lipinski definition) is 2.